The Morgan fingerprint density at radius 2 is 1.63 bits per heavy atom. The highest BCUT2D eigenvalue weighted by atomic mass is 16.5. The predicted molar refractivity (Wildman–Crippen MR) is 82.2 cm³/mol. The molecule has 0 bridgehead atoms. The van der Waals surface area contributed by atoms with Crippen molar-refractivity contribution in [2.24, 2.45) is 5.92 Å². The monoisotopic (exact) mass is 268 g/mol. The lowest BCUT2D eigenvalue weighted by Crippen LogP contribution is -2.14. The molecule has 0 saturated heterocycles. The Kier molecular flexibility index (Phi) is 11.7. The lowest BCUT2D eigenvalue weighted by molar-refractivity contribution is -0.140. The number of carbonyl (C=O) groups excluding carboxylic acids is 1. The first-order valence-corrected chi connectivity index (χ1v) is 7.94. The van der Waals surface area contributed by atoms with Gasteiger partial charge in [0, 0.05) is 5.57 Å². The van der Waals surface area contributed by atoms with Gasteiger partial charge in [-0.1, -0.05) is 65.4 Å². The highest BCUT2D eigenvalue weighted by molar-refractivity contribution is 5.86. The molecule has 0 saturated carbocycles. The van der Waals surface area contributed by atoms with E-state index in [2.05, 4.69) is 20.4 Å². The second-order valence-corrected chi connectivity index (χ2v) is 5.59. The van der Waals surface area contributed by atoms with E-state index in [0.717, 1.165) is 12.8 Å². The van der Waals surface area contributed by atoms with E-state index in [0.29, 0.717) is 18.1 Å². The van der Waals surface area contributed by atoms with Gasteiger partial charge in [-0.3, -0.25) is 0 Å². The summed E-state index contributed by atoms with van der Waals surface area (Å²) in [6.07, 6.45) is 11.4. The van der Waals surface area contributed by atoms with Crippen LogP contribution in [-0.2, 0) is 9.53 Å². The largest absolute Gasteiger partial charge is 0.462 e. The highest BCUT2D eigenvalue weighted by Crippen LogP contribution is 2.17. The van der Waals surface area contributed by atoms with Gasteiger partial charge in [-0.25, -0.2) is 4.79 Å². The maximum atomic E-state index is 11.4. The van der Waals surface area contributed by atoms with Crippen molar-refractivity contribution < 1.29 is 9.53 Å². The quantitative estimate of drug-likeness (QED) is 0.274. The van der Waals surface area contributed by atoms with Crippen molar-refractivity contribution >= 4 is 5.97 Å². The molecule has 0 fully saturated rings. The molecular formula is C17H32O2. The minimum Gasteiger partial charge on any atom is -0.462 e. The third kappa shape index (κ3) is 10.8. The van der Waals surface area contributed by atoms with Gasteiger partial charge in [0.2, 0.25) is 0 Å². The van der Waals surface area contributed by atoms with Crippen LogP contribution in [0.4, 0.5) is 0 Å². The number of ether oxygens (including phenoxy) is 1. The van der Waals surface area contributed by atoms with Crippen LogP contribution in [0.2, 0.25) is 0 Å². The summed E-state index contributed by atoms with van der Waals surface area (Å²) in [6, 6.07) is 0. The number of hydrogen-bond acceptors (Lipinski definition) is 2. The number of carbonyl (C=O) groups is 1. The molecule has 0 aromatic rings. The lowest BCUT2D eigenvalue weighted by Gasteiger charge is -2.16. The first-order chi connectivity index (χ1) is 9.11. The maximum Gasteiger partial charge on any atom is 0.333 e. The molecule has 19 heavy (non-hydrogen) atoms. The van der Waals surface area contributed by atoms with E-state index in [1.54, 1.807) is 6.92 Å². The van der Waals surface area contributed by atoms with E-state index < -0.39 is 0 Å². The average Bonchev–Trinajstić information content (AvgIpc) is 2.39. The summed E-state index contributed by atoms with van der Waals surface area (Å²) >= 11 is 0. The van der Waals surface area contributed by atoms with Crippen molar-refractivity contribution in [3.8, 4) is 0 Å². The molecular weight excluding hydrogens is 236 g/mol. The molecule has 0 spiro atoms. The SMILES string of the molecule is C=C(C)C(=O)OCC(CCC)CCCCCCCC. The second kappa shape index (κ2) is 12.3. The molecule has 0 aliphatic heterocycles. The van der Waals surface area contributed by atoms with Crippen LogP contribution in [0.25, 0.3) is 0 Å². The number of esters is 1. The van der Waals surface area contributed by atoms with E-state index >= 15 is 0 Å². The van der Waals surface area contributed by atoms with Crippen LogP contribution < -0.4 is 0 Å². The molecule has 0 aromatic carbocycles. The molecule has 0 aliphatic rings. The van der Waals surface area contributed by atoms with Crippen LogP contribution in [0.5, 0.6) is 0 Å². The Morgan fingerprint density at radius 1 is 1.00 bits per heavy atom. The minimum absolute atomic E-state index is 0.246. The van der Waals surface area contributed by atoms with Gasteiger partial charge in [0.05, 0.1) is 6.61 Å². The van der Waals surface area contributed by atoms with Crippen molar-refractivity contribution in [1.29, 1.82) is 0 Å². The van der Waals surface area contributed by atoms with E-state index in [1.165, 1.54) is 44.9 Å². The van der Waals surface area contributed by atoms with Crippen LogP contribution in [-0.4, -0.2) is 12.6 Å². The molecule has 0 radical (unpaired) electrons. The minimum atomic E-state index is -0.246. The van der Waals surface area contributed by atoms with Gasteiger partial charge in [0.15, 0.2) is 0 Å². The van der Waals surface area contributed by atoms with E-state index in [9.17, 15) is 4.79 Å². The van der Waals surface area contributed by atoms with Crippen molar-refractivity contribution in [2.45, 2.75) is 78.6 Å². The zero-order chi connectivity index (χ0) is 14.5. The Labute approximate surface area is 119 Å². The van der Waals surface area contributed by atoms with Crippen LogP contribution >= 0.6 is 0 Å². The Balaban J connectivity index is 3.73. The van der Waals surface area contributed by atoms with Gasteiger partial charge in [0.25, 0.3) is 0 Å². The summed E-state index contributed by atoms with van der Waals surface area (Å²) in [5.41, 5.74) is 0.495. The van der Waals surface area contributed by atoms with Gasteiger partial charge in [0.1, 0.15) is 0 Å². The number of hydrogen-bond donors (Lipinski definition) is 0. The molecule has 0 aromatic heterocycles. The number of rotatable bonds is 12. The molecule has 0 rings (SSSR count). The summed E-state index contributed by atoms with van der Waals surface area (Å²) < 4.78 is 5.28. The summed E-state index contributed by atoms with van der Waals surface area (Å²) in [7, 11) is 0. The summed E-state index contributed by atoms with van der Waals surface area (Å²) in [4.78, 5) is 11.4. The summed E-state index contributed by atoms with van der Waals surface area (Å²) in [5, 5.41) is 0. The molecule has 1 unspecified atom stereocenters. The van der Waals surface area contributed by atoms with E-state index in [1.807, 2.05) is 0 Å². The highest BCUT2D eigenvalue weighted by Gasteiger charge is 2.11. The Hall–Kier alpha value is -0.790. The van der Waals surface area contributed by atoms with Crippen molar-refractivity contribution in [3.05, 3.63) is 12.2 Å². The number of unbranched alkanes of at least 4 members (excludes halogenated alkanes) is 5. The molecule has 2 nitrogen and oxygen atoms in total. The molecule has 0 amide bonds. The molecule has 2 heteroatoms. The van der Waals surface area contributed by atoms with Crippen LogP contribution in [0.3, 0.4) is 0 Å². The van der Waals surface area contributed by atoms with Gasteiger partial charge in [-0.05, 0) is 25.7 Å². The fourth-order valence-corrected chi connectivity index (χ4v) is 2.25. The standard InChI is InChI=1S/C17H32O2/c1-5-7-8-9-10-11-13-16(12-6-2)14-19-17(18)15(3)4/h16H,3,5-14H2,1-2,4H3. The molecule has 0 aliphatic carbocycles. The van der Waals surface area contributed by atoms with Crippen molar-refractivity contribution in [2.75, 3.05) is 6.61 Å². The molecule has 1 atom stereocenters. The second-order valence-electron chi connectivity index (χ2n) is 5.59. The Bertz CT molecular complexity index is 246. The van der Waals surface area contributed by atoms with Crippen LogP contribution in [0.15, 0.2) is 12.2 Å². The third-order valence-electron chi connectivity index (χ3n) is 3.46. The maximum absolute atomic E-state index is 11.4. The first-order valence-electron chi connectivity index (χ1n) is 7.94. The van der Waals surface area contributed by atoms with Gasteiger partial charge in [-0.2, -0.15) is 0 Å². The molecule has 0 heterocycles. The Morgan fingerprint density at radius 3 is 2.21 bits per heavy atom. The predicted octanol–water partition coefficient (Wildman–Crippen LogP) is 5.27. The summed E-state index contributed by atoms with van der Waals surface area (Å²) in [6.45, 7) is 10.3. The first kappa shape index (κ1) is 18.2. The van der Waals surface area contributed by atoms with E-state index in [-0.39, 0.29) is 5.97 Å². The van der Waals surface area contributed by atoms with Gasteiger partial charge in [-0.15, -0.1) is 0 Å². The lowest BCUT2D eigenvalue weighted by atomic mass is 9.97. The average molecular weight is 268 g/mol. The molecule has 112 valence electrons. The topological polar surface area (TPSA) is 26.3 Å². The van der Waals surface area contributed by atoms with Crippen LogP contribution in [0, 0.1) is 5.92 Å². The van der Waals surface area contributed by atoms with Crippen molar-refractivity contribution in [3.63, 3.8) is 0 Å². The van der Waals surface area contributed by atoms with Gasteiger partial charge >= 0.3 is 5.97 Å². The fraction of sp³-hybridized carbons (Fsp3) is 0.824. The van der Waals surface area contributed by atoms with Crippen LogP contribution in [0.1, 0.15) is 78.6 Å². The summed E-state index contributed by atoms with van der Waals surface area (Å²) in [5.74, 6) is 0.281. The molecule has 0 N–H and O–H groups in total. The smallest absolute Gasteiger partial charge is 0.333 e. The zero-order valence-electron chi connectivity index (χ0n) is 13.2. The normalized spacial score (nSPS) is 12.2. The third-order valence-corrected chi connectivity index (χ3v) is 3.46. The van der Waals surface area contributed by atoms with Gasteiger partial charge < -0.3 is 4.74 Å². The van der Waals surface area contributed by atoms with E-state index in [4.69, 9.17) is 4.74 Å². The zero-order valence-corrected chi connectivity index (χ0v) is 13.2. The fourth-order valence-electron chi connectivity index (χ4n) is 2.25. The van der Waals surface area contributed by atoms with Crippen molar-refractivity contribution in [1.82, 2.24) is 0 Å².